The number of rotatable bonds is 21. The fraction of sp³-hybridized carbons (Fsp3) is 0.731. The van der Waals surface area contributed by atoms with Gasteiger partial charge in [-0.1, -0.05) is 27.7 Å². The molecule has 0 aromatic rings. The second-order valence-electron chi connectivity index (χ2n) is 10.8. The number of hydrogen-bond donors (Lipinski definition) is 9. The second kappa shape index (κ2) is 19.4. The average Bonchev–Trinajstić information content (AvgIpc) is 2.87. The molecule has 0 aliphatic heterocycles. The van der Waals surface area contributed by atoms with Gasteiger partial charge in [0.2, 0.25) is 23.6 Å². The van der Waals surface area contributed by atoms with Gasteiger partial charge in [0.05, 0.1) is 12.5 Å². The summed E-state index contributed by atoms with van der Waals surface area (Å²) in [4.78, 5) is 85.4. The third kappa shape index (κ3) is 15.3. The lowest BCUT2D eigenvalue weighted by Crippen LogP contribution is -2.59. The maximum absolute atomic E-state index is 13.3. The van der Waals surface area contributed by atoms with Gasteiger partial charge in [-0.25, -0.2) is 4.79 Å². The van der Waals surface area contributed by atoms with Gasteiger partial charge < -0.3 is 48.1 Å². The van der Waals surface area contributed by atoms with E-state index in [1.54, 1.807) is 13.8 Å². The molecule has 0 fully saturated rings. The lowest BCUT2D eigenvalue weighted by atomic mass is 9.99. The molecule has 16 heteroatoms. The minimum Gasteiger partial charge on any atom is -0.481 e. The first-order chi connectivity index (χ1) is 19.5. The van der Waals surface area contributed by atoms with Gasteiger partial charge in [-0.3, -0.25) is 28.8 Å². The maximum Gasteiger partial charge on any atom is 0.326 e. The van der Waals surface area contributed by atoms with Gasteiger partial charge in [0, 0.05) is 6.42 Å². The highest BCUT2D eigenvalue weighted by Crippen LogP contribution is 2.09. The first-order valence-corrected chi connectivity index (χ1v) is 13.8. The Labute approximate surface area is 244 Å². The molecule has 0 rings (SSSR count). The molecule has 0 heterocycles. The minimum absolute atomic E-state index is 0.0738. The Bertz CT molecular complexity index is 958. The van der Waals surface area contributed by atoms with Crippen molar-refractivity contribution in [2.75, 3.05) is 6.54 Å². The van der Waals surface area contributed by atoms with Crippen molar-refractivity contribution in [2.24, 2.45) is 23.3 Å². The van der Waals surface area contributed by atoms with Crippen LogP contribution in [0.2, 0.25) is 0 Å². The van der Waals surface area contributed by atoms with Gasteiger partial charge in [-0.15, -0.1) is 0 Å². The number of unbranched alkanes of at least 4 members (excludes halogenated alkanes) is 1. The smallest absolute Gasteiger partial charge is 0.326 e. The summed E-state index contributed by atoms with van der Waals surface area (Å²) in [5.74, 6) is -7.94. The number of carboxylic acid groups (broad SMARTS) is 3. The molecule has 0 aromatic heterocycles. The summed E-state index contributed by atoms with van der Waals surface area (Å²) >= 11 is 0. The minimum atomic E-state index is -1.84. The van der Waals surface area contributed by atoms with E-state index in [9.17, 15) is 38.7 Å². The molecule has 5 atom stereocenters. The van der Waals surface area contributed by atoms with Crippen LogP contribution < -0.4 is 32.7 Å². The van der Waals surface area contributed by atoms with E-state index in [1.165, 1.54) is 0 Å². The van der Waals surface area contributed by atoms with Gasteiger partial charge in [0.15, 0.2) is 0 Å². The molecule has 0 radical (unpaired) electrons. The van der Waals surface area contributed by atoms with Crippen molar-refractivity contribution in [3.05, 3.63) is 0 Å². The summed E-state index contributed by atoms with van der Waals surface area (Å²) < 4.78 is 0. The number of carbonyl (C=O) groups excluding carboxylic acids is 4. The van der Waals surface area contributed by atoms with Crippen LogP contribution in [0.5, 0.6) is 0 Å². The third-order valence-corrected chi connectivity index (χ3v) is 6.16. The van der Waals surface area contributed by atoms with Crippen molar-refractivity contribution < 1.29 is 48.9 Å². The predicted octanol–water partition coefficient (Wildman–Crippen LogP) is -1.49. The third-order valence-electron chi connectivity index (χ3n) is 6.16. The fourth-order valence-corrected chi connectivity index (χ4v) is 3.89. The van der Waals surface area contributed by atoms with Crippen molar-refractivity contribution in [2.45, 2.75) is 103 Å². The largest absolute Gasteiger partial charge is 0.481 e. The van der Waals surface area contributed by atoms with Gasteiger partial charge in [-0.05, 0) is 50.5 Å². The summed E-state index contributed by atoms with van der Waals surface area (Å²) in [5, 5.41) is 36.8. The predicted molar refractivity (Wildman–Crippen MR) is 150 cm³/mol. The Morgan fingerprint density at radius 3 is 1.64 bits per heavy atom. The molecule has 0 aliphatic rings. The van der Waals surface area contributed by atoms with E-state index in [4.69, 9.17) is 21.7 Å². The van der Waals surface area contributed by atoms with E-state index in [0.717, 1.165) is 0 Å². The summed E-state index contributed by atoms with van der Waals surface area (Å²) in [6.07, 6.45) is -0.653. The summed E-state index contributed by atoms with van der Waals surface area (Å²) in [6, 6.07) is -6.54. The summed E-state index contributed by atoms with van der Waals surface area (Å²) in [7, 11) is 0. The monoisotopic (exact) mass is 602 g/mol. The fourth-order valence-electron chi connectivity index (χ4n) is 3.89. The summed E-state index contributed by atoms with van der Waals surface area (Å²) in [5.41, 5.74) is 11.5. The first-order valence-electron chi connectivity index (χ1n) is 13.8. The quantitative estimate of drug-likeness (QED) is 0.0679. The van der Waals surface area contributed by atoms with Crippen LogP contribution in [-0.4, -0.2) is 93.6 Å². The van der Waals surface area contributed by atoms with Crippen LogP contribution in [0.1, 0.15) is 72.6 Å². The molecule has 0 saturated carbocycles. The van der Waals surface area contributed by atoms with Crippen molar-refractivity contribution in [1.82, 2.24) is 21.3 Å². The van der Waals surface area contributed by atoms with Crippen molar-refractivity contribution >= 4 is 41.5 Å². The highest BCUT2D eigenvalue weighted by Gasteiger charge is 2.33. The van der Waals surface area contributed by atoms with E-state index >= 15 is 0 Å². The number of hydrogen-bond acceptors (Lipinski definition) is 9. The summed E-state index contributed by atoms with van der Waals surface area (Å²) in [6.45, 7) is 7.45. The normalized spacial score (nSPS) is 14.7. The molecule has 0 bridgehead atoms. The zero-order chi connectivity index (χ0) is 32.6. The Morgan fingerprint density at radius 1 is 0.667 bits per heavy atom. The number of carbonyl (C=O) groups is 7. The van der Waals surface area contributed by atoms with Gasteiger partial charge in [-0.2, -0.15) is 0 Å². The molecule has 42 heavy (non-hydrogen) atoms. The molecule has 0 spiro atoms. The highest BCUT2D eigenvalue weighted by atomic mass is 16.4. The lowest BCUT2D eigenvalue weighted by molar-refractivity contribution is -0.147. The molecule has 0 saturated heterocycles. The number of carboxylic acids is 3. The van der Waals surface area contributed by atoms with Gasteiger partial charge in [0.25, 0.3) is 0 Å². The van der Waals surface area contributed by atoms with Crippen LogP contribution >= 0.6 is 0 Å². The Morgan fingerprint density at radius 2 is 1.19 bits per heavy atom. The lowest BCUT2D eigenvalue weighted by Gasteiger charge is -2.28. The van der Waals surface area contributed by atoms with E-state index in [-0.39, 0.29) is 12.3 Å². The van der Waals surface area contributed by atoms with Crippen LogP contribution in [0.25, 0.3) is 0 Å². The first kappa shape index (κ1) is 38.2. The molecule has 240 valence electrons. The highest BCUT2D eigenvalue weighted by molar-refractivity contribution is 5.96. The topological polar surface area (TPSA) is 280 Å². The van der Waals surface area contributed by atoms with Crippen molar-refractivity contribution in [3.63, 3.8) is 0 Å². The molecule has 0 unspecified atom stereocenters. The molecular formula is C26H46N6O10. The molecule has 16 nitrogen and oxygen atoms in total. The van der Waals surface area contributed by atoms with E-state index < -0.39 is 96.9 Å². The molecule has 0 aromatic carbocycles. The number of aliphatic carboxylic acids is 3. The van der Waals surface area contributed by atoms with E-state index in [0.29, 0.717) is 25.8 Å². The average molecular weight is 603 g/mol. The standard InChI is InChI=1S/C26H46N6O10/c1-13(2)11-15(28)22(37)32-21(14(3)4)25(40)30-16(7-5-6-10-27)23(38)29-17(8-9-19(33)34)24(39)31-18(26(41)42)12-20(35)36/h13-18,21H,5-12,27-28H2,1-4H3,(H,29,38)(H,30,40)(H,31,39)(H,32,37)(H,33,34)(H,35,36)(H,41,42)/t15-,16-,17-,18-,21-/m0/s1. The Balaban J connectivity index is 5.91. The molecule has 4 amide bonds. The molecule has 11 N–H and O–H groups in total. The zero-order valence-corrected chi connectivity index (χ0v) is 24.6. The number of nitrogens with one attached hydrogen (secondary N) is 4. The van der Waals surface area contributed by atoms with Gasteiger partial charge >= 0.3 is 17.9 Å². The molecule has 0 aliphatic carbocycles. The molecular weight excluding hydrogens is 556 g/mol. The van der Waals surface area contributed by atoms with Crippen LogP contribution in [0, 0.1) is 11.8 Å². The van der Waals surface area contributed by atoms with E-state index in [1.807, 2.05) is 19.2 Å². The maximum atomic E-state index is 13.3. The van der Waals surface area contributed by atoms with Crippen LogP contribution in [0.4, 0.5) is 0 Å². The van der Waals surface area contributed by atoms with E-state index in [2.05, 4.69) is 16.0 Å². The van der Waals surface area contributed by atoms with Crippen molar-refractivity contribution in [3.8, 4) is 0 Å². The Hall–Kier alpha value is -3.79. The second-order valence-corrected chi connectivity index (χ2v) is 10.8. The van der Waals surface area contributed by atoms with Crippen LogP contribution in [-0.2, 0) is 33.6 Å². The number of amides is 4. The van der Waals surface area contributed by atoms with Crippen LogP contribution in [0.15, 0.2) is 0 Å². The zero-order valence-electron chi connectivity index (χ0n) is 24.6. The van der Waals surface area contributed by atoms with Crippen LogP contribution in [0.3, 0.4) is 0 Å². The SMILES string of the molecule is CC(C)C[C@H](N)C(=O)N[C@H](C(=O)N[C@@H](CCCCN)C(=O)N[C@@H](CCC(=O)O)C(=O)N[C@@H](CC(=O)O)C(=O)O)C(C)C. The van der Waals surface area contributed by atoms with Crippen molar-refractivity contribution in [1.29, 1.82) is 0 Å². The number of nitrogens with two attached hydrogens (primary N) is 2. The van der Waals surface area contributed by atoms with Gasteiger partial charge in [0.1, 0.15) is 24.2 Å². The Kier molecular flexibility index (Phi) is 17.6.